The van der Waals surface area contributed by atoms with Gasteiger partial charge >= 0.3 is 5.97 Å². The number of unbranched alkanes of at least 4 members (excludes halogenated alkanes) is 1. The molecule has 1 aromatic carbocycles. The van der Waals surface area contributed by atoms with E-state index in [1.54, 1.807) is 0 Å². The Hall–Kier alpha value is -2.10. The number of methoxy groups -OCH3 is 1. The van der Waals surface area contributed by atoms with Gasteiger partial charge in [0.1, 0.15) is 0 Å². The molecule has 1 aliphatic heterocycles. The standard InChI is InChI=1S/C18H23NO3/c1-22-17(20)14-16-11-7-13-19(18(16)21)12-6-5-10-15-8-3-2-4-9-15/h2-4,8-9,11H,5-7,10,12-14H2,1H3. The van der Waals surface area contributed by atoms with E-state index in [9.17, 15) is 9.59 Å². The lowest BCUT2D eigenvalue weighted by molar-refractivity contribution is -0.141. The number of amides is 1. The van der Waals surface area contributed by atoms with E-state index < -0.39 is 0 Å². The van der Waals surface area contributed by atoms with Gasteiger partial charge in [-0.1, -0.05) is 36.4 Å². The first kappa shape index (κ1) is 16.3. The first-order chi connectivity index (χ1) is 10.7. The Bertz CT molecular complexity index is 537. The van der Waals surface area contributed by atoms with Crippen molar-refractivity contribution < 1.29 is 14.3 Å². The van der Waals surface area contributed by atoms with Crippen LogP contribution in [0, 0.1) is 0 Å². The van der Waals surface area contributed by atoms with Crippen molar-refractivity contribution in [2.45, 2.75) is 32.1 Å². The topological polar surface area (TPSA) is 46.6 Å². The molecule has 4 nitrogen and oxygen atoms in total. The van der Waals surface area contributed by atoms with E-state index in [1.807, 2.05) is 29.2 Å². The quantitative estimate of drug-likeness (QED) is 0.574. The second-order valence-electron chi connectivity index (χ2n) is 5.51. The number of carbonyl (C=O) groups excluding carboxylic acids is 2. The highest BCUT2D eigenvalue weighted by Crippen LogP contribution is 2.16. The van der Waals surface area contributed by atoms with Crippen molar-refractivity contribution in [1.29, 1.82) is 0 Å². The van der Waals surface area contributed by atoms with E-state index >= 15 is 0 Å². The lowest BCUT2D eigenvalue weighted by Gasteiger charge is -2.27. The summed E-state index contributed by atoms with van der Waals surface area (Å²) in [5.41, 5.74) is 1.90. The molecule has 118 valence electrons. The number of hydrogen-bond donors (Lipinski definition) is 0. The molecule has 0 aliphatic carbocycles. The van der Waals surface area contributed by atoms with Crippen LogP contribution >= 0.6 is 0 Å². The van der Waals surface area contributed by atoms with Crippen LogP contribution in [0.25, 0.3) is 0 Å². The number of nitrogens with zero attached hydrogens (tertiary/aromatic N) is 1. The lowest BCUT2D eigenvalue weighted by atomic mass is 10.0. The maximum atomic E-state index is 12.3. The van der Waals surface area contributed by atoms with Crippen LogP contribution in [-0.4, -0.2) is 37.0 Å². The first-order valence-electron chi connectivity index (χ1n) is 7.79. The summed E-state index contributed by atoms with van der Waals surface area (Å²) >= 11 is 0. The molecule has 1 heterocycles. The Kier molecular flexibility index (Phi) is 6.19. The van der Waals surface area contributed by atoms with Gasteiger partial charge in [0.15, 0.2) is 0 Å². The van der Waals surface area contributed by atoms with E-state index in [1.165, 1.54) is 12.7 Å². The molecule has 22 heavy (non-hydrogen) atoms. The molecule has 0 radical (unpaired) electrons. The van der Waals surface area contributed by atoms with E-state index in [0.717, 1.165) is 38.8 Å². The molecule has 1 amide bonds. The van der Waals surface area contributed by atoms with Crippen molar-refractivity contribution in [2.24, 2.45) is 0 Å². The number of aryl methyl sites for hydroxylation is 1. The molecule has 1 aliphatic rings. The second-order valence-corrected chi connectivity index (χ2v) is 5.51. The van der Waals surface area contributed by atoms with Crippen LogP contribution < -0.4 is 0 Å². The molecule has 0 fully saturated rings. The van der Waals surface area contributed by atoms with E-state index in [2.05, 4.69) is 16.9 Å². The average molecular weight is 301 g/mol. The molecule has 4 heteroatoms. The number of esters is 1. The van der Waals surface area contributed by atoms with Crippen molar-refractivity contribution in [1.82, 2.24) is 4.90 Å². The van der Waals surface area contributed by atoms with Crippen molar-refractivity contribution >= 4 is 11.9 Å². The Morgan fingerprint density at radius 2 is 2.00 bits per heavy atom. The Morgan fingerprint density at radius 3 is 2.73 bits per heavy atom. The van der Waals surface area contributed by atoms with Gasteiger partial charge in [0.25, 0.3) is 0 Å². The van der Waals surface area contributed by atoms with Gasteiger partial charge in [-0.05, 0) is 31.2 Å². The number of ether oxygens (including phenoxy) is 1. The van der Waals surface area contributed by atoms with Gasteiger partial charge in [-0.3, -0.25) is 9.59 Å². The Labute approximate surface area is 131 Å². The van der Waals surface area contributed by atoms with E-state index in [-0.39, 0.29) is 18.3 Å². The molecule has 0 bridgehead atoms. The fourth-order valence-electron chi connectivity index (χ4n) is 2.65. The number of benzene rings is 1. The molecule has 0 aromatic heterocycles. The van der Waals surface area contributed by atoms with Crippen LogP contribution in [0.3, 0.4) is 0 Å². The van der Waals surface area contributed by atoms with Gasteiger partial charge in [0.05, 0.1) is 13.5 Å². The van der Waals surface area contributed by atoms with Crippen LogP contribution in [0.1, 0.15) is 31.2 Å². The zero-order chi connectivity index (χ0) is 15.8. The van der Waals surface area contributed by atoms with Crippen molar-refractivity contribution in [2.75, 3.05) is 20.2 Å². The van der Waals surface area contributed by atoms with Crippen LogP contribution in [0.2, 0.25) is 0 Å². The number of rotatable bonds is 7. The highest BCUT2D eigenvalue weighted by molar-refractivity contribution is 5.98. The predicted octanol–water partition coefficient (Wildman–Crippen LogP) is 2.73. The molecule has 0 saturated heterocycles. The zero-order valence-corrected chi connectivity index (χ0v) is 13.1. The molecular weight excluding hydrogens is 278 g/mol. The fourth-order valence-corrected chi connectivity index (χ4v) is 2.65. The summed E-state index contributed by atoms with van der Waals surface area (Å²) < 4.78 is 4.63. The summed E-state index contributed by atoms with van der Waals surface area (Å²) in [5, 5.41) is 0. The molecule has 0 unspecified atom stereocenters. The lowest BCUT2D eigenvalue weighted by Crippen LogP contribution is -2.37. The Balaban J connectivity index is 1.75. The van der Waals surface area contributed by atoms with Gasteiger partial charge in [0.2, 0.25) is 5.91 Å². The Morgan fingerprint density at radius 1 is 1.23 bits per heavy atom. The molecule has 2 rings (SSSR count). The summed E-state index contributed by atoms with van der Waals surface area (Å²) in [7, 11) is 1.34. The summed E-state index contributed by atoms with van der Waals surface area (Å²) in [5.74, 6) is -0.373. The molecular formula is C18H23NO3. The van der Waals surface area contributed by atoms with Crippen LogP contribution in [0.5, 0.6) is 0 Å². The van der Waals surface area contributed by atoms with Gasteiger partial charge in [0, 0.05) is 18.7 Å². The zero-order valence-electron chi connectivity index (χ0n) is 13.1. The third-order valence-electron chi connectivity index (χ3n) is 3.90. The summed E-state index contributed by atoms with van der Waals surface area (Å²) in [6.45, 7) is 1.50. The van der Waals surface area contributed by atoms with Crippen LogP contribution in [-0.2, 0) is 20.7 Å². The average Bonchev–Trinajstić information content (AvgIpc) is 2.55. The largest absolute Gasteiger partial charge is 0.469 e. The maximum absolute atomic E-state index is 12.3. The minimum Gasteiger partial charge on any atom is -0.469 e. The molecule has 0 N–H and O–H groups in total. The first-order valence-corrected chi connectivity index (χ1v) is 7.79. The van der Waals surface area contributed by atoms with Crippen molar-refractivity contribution in [3.05, 3.63) is 47.5 Å². The molecule has 0 atom stereocenters. The number of carbonyl (C=O) groups is 2. The maximum Gasteiger partial charge on any atom is 0.310 e. The van der Waals surface area contributed by atoms with Gasteiger partial charge < -0.3 is 9.64 Å². The van der Waals surface area contributed by atoms with Crippen LogP contribution in [0.4, 0.5) is 0 Å². The molecule has 0 saturated carbocycles. The summed E-state index contributed by atoms with van der Waals surface area (Å²) in [6.07, 6.45) is 5.83. The van der Waals surface area contributed by atoms with Gasteiger partial charge in [-0.2, -0.15) is 0 Å². The van der Waals surface area contributed by atoms with Crippen LogP contribution in [0.15, 0.2) is 42.0 Å². The fraction of sp³-hybridized carbons (Fsp3) is 0.444. The highest BCUT2D eigenvalue weighted by Gasteiger charge is 2.23. The third kappa shape index (κ3) is 4.72. The molecule has 1 aromatic rings. The minimum absolute atomic E-state index is 0.0173. The van der Waals surface area contributed by atoms with Gasteiger partial charge in [-0.25, -0.2) is 0 Å². The highest BCUT2D eigenvalue weighted by atomic mass is 16.5. The minimum atomic E-state index is -0.356. The summed E-state index contributed by atoms with van der Waals surface area (Å²) in [6, 6.07) is 10.4. The van der Waals surface area contributed by atoms with E-state index in [0.29, 0.717) is 5.57 Å². The smallest absolute Gasteiger partial charge is 0.310 e. The van der Waals surface area contributed by atoms with E-state index in [4.69, 9.17) is 0 Å². The molecule has 0 spiro atoms. The normalized spacial score (nSPS) is 14.7. The number of hydrogen-bond acceptors (Lipinski definition) is 3. The monoisotopic (exact) mass is 301 g/mol. The second kappa shape index (κ2) is 8.37. The SMILES string of the molecule is COC(=O)CC1=CCCN(CCCCc2ccccc2)C1=O. The van der Waals surface area contributed by atoms with Crippen molar-refractivity contribution in [3.8, 4) is 0 Å². The summed E-state index contributed by atoms with van der Waals surface area (Å²) in [4.78, 5) is 25.5. The predicted molar refractivity (Wildman–Crippen MR) is 85.3 cm³/mol. The third-order valence-corrected chi connectivity index (χ3v) is 3.90. The van der Waals surface area contributed by atoms with Gasteiger partial charge in [-0.15, -0.1) is 0 Å². The van der Waals surface area contributed by atoms with Crippen molar-refractivity contribution in [3.63, 3.8) is 0 Å².